The molecular formula is C17H19NO5. The largest absolute Gasteiger partial charge is 0.481 e. The number of aliphatic carboxylic acids is 1. The summed E-state index contributed by atoms with van der Waals surface area (Å²) in [7, 11) is 0. The van der Waals surface area contributed by atoms with E-state index in [2.05, 4.69) is 5.32 Å². The second-order valence-corrected chi connectivity index (χ2v) is 6.62. The summed E-state index contributed by atoms with van der Waals surface area (Å²) in [6, 6.07) is 5.22. The van der Waals surface area contributed by atoms with E-state index in [1.165, 1.54) is 0 Å². The van der Waals surface area contributed by atoms with Crippen LogP contribution in [0.5, 0.6) is 11.5 Å². The van der Waals surface area contributed by atoms with E-state index < -0.39 is 17.8 Å². The molecule has 2 bridgehead atoms. The molecule has 0 aromatic heterocycles. The molecule has 1 aromatic rings. The quantitative estimate of drug-likeness (QED) is 0.894. The van der Waals surface area contributed by atoms with Crippen molar-refractivity contribution < 1.29 is 24.2 Å². The summed E-state index contributed by atoms with van der Waals surface area (Å²) in [5.41, 5.74) is 0.616. The van der Waals surface area contributed by atoms with E-state index in [0.717, 1.165) is 25.7 Å². The van der Waals surface area contributed by atoms with Crippen LogP contribution in [0.4, 0.5) is 5.69 Å². The molecule has 3 aliphatic carbocycles. The number of fused-ring (bicyclic) bond motifs is 4. The van der Waals surface area contributed by atoms with E-state index in [4.69, 9.17) is 9.47 Å². The summed E-state index contributed by atoms with van der Waals surface area (Å²) in [6.07, 6.45) is 3.76. The third-order valence-electron chi connectivity index (χ3n) is 5.45. The number of anilines is 1. The number of carbonyl (C=O) groups excluding carboxylic acids is 1. The third kappa shape index (κ3) is 2.42. The molecule has 23 heavy (non-hydrogen) atoms. The van der Waals surface area contributed by atoms with Crippen LogP contribution in [0.1, 0.15) is 25.7 Å². The Labute approximate surface area is 133 Å². The molecule has 1 aliphatic heterocycles. The SMILES string of the molecule is O=C(O)[C@@H]1C2CCC(CC2)[C@@H]1C(=O)Nc1ccc2c(c1)OCO2. The topological polar surface area (TPSA) is 84.9 Å². The van der Waals surface area contributed by atoms with Gasteiger partial charge in [0.1, 0.15) is 0 Å². The minimum atomic E-state index is -0.842. The number of ether oxygens (including phenoxy) is 2. The Morgan fingerprint density at radius 2 is 1.65 bits per heavy atom. The predicted octanol–water partition coefficient (Wildman–Crippen LogP) is 2.49. The van der Waals surface area contributed by atoms with Gasteiger partial charge in [-0.1, -0.05) is 0 Å². The Morgan fingerprint density at radius 1 is 1.00 bits per heavy atom. The maximum atomic E-state index is 12.7. The van der Waals surface area contributed by atoms with Gasteiger partial charge in [0.2, 0.25) is 12.7 Å². The molecule has 2 N–H and O–H groups in total. The Balaban J connectivity index is 1.54. The Bertz CT molecular complexity index is 650. The number of rotatable bonds is 3. The molecule has 0 unspecified atom stereocenters. The van der Waals surface area contributed by atoms with Gasteiger partial charge in [-0.2, -0.15) is 0 Å². The van der Waals surface area contributed by atoms with Gasteiger partial charge in [0.25, 0.3) is 0 Å². The van der Waals surface area contributed by atoms with Crippen LogP contribution >= 0.6 is 0 Å². The first-order valence-electron chi connectivity index (χ1n) is 8.07. The van der Waals surface area contributed by atoms with Crippen molar-refractivity contribution in [1.29, 1.82) is 0 Å². The van der Waals surface area contributed by atoms with Crippen LogP contribution in [0.25, 0.3) is 0 Å². The molecule has 1 aromatic carbocycles. The van der Waals surface area contributed by atoms with Gasteiger partial charge < -0.3 is 19.9 Å². The van der Waals surface area contributed by atoms with Crippen molar-refractivity contribution in [3.63, 3.8) is 0 Å². The number of amides is 1. The summed E-state index contributed by atoms with van der Waals surface area (Å²) in [5.74, 6) is -0.469. The van der Waals surface area contributed by atoms with Crippen LogP contribution in [0.15, 0.2) is 18.2 Å². The monoisotopic (exact) mass is 317 g/mol. The molecule has 1 heterocycles. The maximum absolute atomic E-state index is 12.7. The van der Waals surface area contributed by atoms with Gasteiger partial charge >= 0.3 is 5.97 Å². The lowest BCUT2D eigenvalue weighted by molar-refractivity contribution is -0.156. The van der Waals surface area contributed by atoms with Crippen molar-refractivity contribution in [3.8, 4) is 11.5 Å². The van der Waals surface area contributed by atoms with Crippen molar-refractivity contribution in [2.45, 2.75) is 25.7 Å². The van der Waals surface area contributed by atoms with Crippen LogP contribution in [-0.4, -0.2) is 23.8 Å². The van der Waals surface area contributed by atoms with Crippen molar-refractivity contribution >= 4 is 17.6 Å². The van der Waals surface area contributed by atoms with Crippen LogP contribution < -0.4 is 14.8 Å². The summed E-state index contributed by atoms with van der Waals surface area (Å²) < 4.78 is 10.6. The fourth-order valence-electron chi connectivity index (χ4n) is 4.38. The van der Waals surface area contributed by atoms with Gasteiger partial charge in [-0.25, -0.2) is 0 Å². The fourth-order valence-corrected chi connectivity index (χ4v) is 4.38. The van der Waals surface area contributed by atoms with E-state index in [-0.39, 0.29) is 24.5 Å². The summed E-state index contributed by atoms with van der Waals surface area (Å²) in [4.78, 5) is 24.4. The van der Waals surface area contributed by atoms with Gasteiger partial charge in [0.15, 0.2) is 11.5 Å². The average molecular weight is 317 g/mol. The molecule has 0 spiro atoms. The van der Waals surface area contributed by atoms with Gasteiger partial charge in [0.05, 0.1) is 11.8 Å². The van der Waals surface area contributed by atoms with E-state index in [9.17, 15) is 14.7 Å². The minimum absolute atomic E-state index is 0.130. The number of hydrogen-bond donors (Lipinski definition) is 2. The van der Waals surface area contributed by atoms with Gasteiger partial charge in [0, 0.05) is 11.8 Å². The number of benzene rings is 1. The molecule has 3 saturated carbocycles. The second-order valence-electron chi connectivity index (χ2n) is 6.62. The van der Waals surface area contributed by atoms with Crippen LogP contribution in [0.3, 0.4) is 0 Å². The first kappa shape index (κ1) is 14.4. The normalized spacial score (nSPS) is 31.0. The highest BCUT2D eigenvalue weighted by Crippen LogP contribution is 2.49. The number of carboxylic acid groups (broad SMARTS) is 1. The molecule has 6 heteroatoms. The van der Waals surface area contributed by atoms with Crippen molar-refractivity contribution in [1.82, 2.24) is 0 Å². The van der Waals surface area contributed by atoms with Gasteiger partial charge in [-0.3, -0.25) is 9.59 Å². The molecule has 3 fully saturated rings. The number of carboxylic acids is 1. The first-order chi connectivity index (χ1) is 11.1. The molecule has 0 saturated heterocycles. The summed E-state index contributed by atoms with van der Waals surface area (Å²) in [6.45, 7) is 0.181. The highest BCUT2D eigenvalue weighted by atomic mass is 16.7. The zero-order valence-electron chi connectivity index (χ0n) is 12.7. The van der Waals surface area contributed by atoms with Crippen molar-refractivity contribution in [2.75, 3.05) is 12.1 Å². The molecule has 2 atom stereocenters. The summed E-state index contributed by atoms with van der Waals surface area (Å²) in [5, 5.41) is 12.4. The highest BCUT2D eigenvalue weighted by Gasteiger charge is 2.50. The second kappa shape index (κ2) is 5.44. The molecule has 4 aliphatic rings. The lowest BCUT2D eigenvalue weighted by Crippen LogP contribution is -2.49. The Morgan fingerprint density at radius 3 is 2.35 bits per heavy atom. The average Bonchev–Trinajstić information content (AvgIpc) is 3.02. The Kier molecular flexibility index (Phi) is 3.39. The first-order valence-corrected chi connectivity index (χ1v) is 8.07. The van der Waals surface area contributed by atoms with Crippen LogP contribution in [0.2, 0.25) is 0 Å². The number of nitrogens with one attached hydrogen (secondary N) is 1. The zero-order valence-corrected chi connectivity index (χ0v) is 12.7. The lowest BCUT2D eigenvalue weighted by atomic mass is 9.58. The number of carbonyl (C=O) groups is 2. The molecule has 6 nitrogen and oxygen atoms in total. The molecule has 0 radical (unpaired) electrons. The standard InChI is InChI=1S/C17H19NO5/c19-16(18-11-5-6-12-13(7-11)23-8-22-12)14-9-1-3-10(4-2-9)15(14)17(20)21/h5-7,9-10,14-15H,1-4,8H2,(H,18,19)(H,20,21)/t9?,10?,14-,15+/m0/s1. The number of hydrogen-bond acceptors (Lipinski definition) is 4. The molecule has 122 valence electrons. The molecule has 1 amide bonds. The van der Waals surface area contributed by atoms with Gasteiger partial charge in [-0.15, -0.1) is 0 Å². The summed E-state index contributed by atoms with van der Waals surface area (Å²) >= 11 is 0. The van der Waals surface area contributed by atoms with Crippen LogP contribution in [-0.2, 0) is 9.59 Å². The fraction of sp³-hybridized carbons (Fsp3) is 0.529. The molecular weight excluding hydrogens is 298 g/mol. The van der Waals surface area contributed by atoms with E-state index in [1.54, 1.807) is 18.2 Å². The van der Waals surface area contributed by atoms with Gasteiger partial charge in [-0.05, 0) is 49.7 Å². The van der Waals surface area contributed by atoms with Crippen molar-refractivity contribution in [2.24, 2.45) is 23.7 Å². The van der Waals surface area contributed by atoms with E-state index in [1.807, 2.05) is 0 Å². The smallest absolute Gasteiger partial charge is 0.307 e. The van der Waals surface area contributed by atoms with E-state index in [0.29, 0.717) is 17.2 Å². The third-order valence-corrected chi connectivity index (χ3v) is 5.45. The van der Waals surface area contributed by atoms with E-state index >= 15 is 0 Å². The lowest BCUT2D eigenvalue weighted by Gasteiger charge is -2.45. The zero-order chi connectivity index (χ0) is 16.0. The molecule has 5 rings (SSSR count). The van der Waals surface area contributed by atoms with Crippen LogP contribution in [0, 0.1) is 23.7 Å². The highest BCUT2D eigenvalue weighted by molar-refractivity contribution is 5.96. The predicted molar refractivity (Wildman–Crippen MR) is 81.3 cm³/mol. The minimum Gasteiger partial charge on any atom is -0.481 e. The maximum Gasteiger partial charge on any atom is 0.307 e. The van der Waals surface area contributed by atoms with Crippen molar-refractivity contribution in [3.05, 3.63) is 18.2 Å². The Hall–Kier alpha value is -2.24.